The minimum Gasteiger partial charge on any atom is -0.356 e. The number of nitrogens with one attached hydrogen (secondary N) is 1. The third kappa shape index (κ3) is 4.03. The zero-order valence-electron chi connectivity index (χ0n) is 16.8. The van der Waals surface area contributed by atoms with E-state index in [0.717, 1.165) is 0 Å². The largest absolute Gasteiger partial charge is 0.356 e. The van der Waals surface area contributed by atoms with Crippen molar-refractivity contribution in [3.63, 3.8) is 0 Å². The summed E-state index contributed by atoms with van der Waals surface area (Å²) in [4.78, 5) is 31.6. The fraction of sp³-hybridized carbons (Fsp3) is 0.364. The van der Waals surface area contributed by atoms with Gasteiger partial charge >= 0.3 is 0 Å². The number of hydrogen-bond acceptors (Lipinski definition) is 4. The molecule has 0 unspecified atom stereocenters. The lowest BCUT2D eigenvalue weighted by Gasteiger charge is -2.31. The van der Waals surface area contributed by atoms with Crippen LogP contribution in [0.4, 0.5) is 4.39 Å². The number of carbonyl (C=O) groups is 2. The van der Waals surface area contributed by atoms with Crippen molar-refractivity contribution in [2.75, 3.05) is 19.6 Å². The number of amides is 2. The number of hydrogen-bond donors (Lipinski definition) is 1. The van der Waals surface area contributed by atoms with E-state index >= 15 is 0 Å². The average Bonchev–Trinajstić information content (AvgIpc) is 3.10. The molecule has 3 heterocycles. The Kier molecular flexibility index (Phi) is 5.74. The van der Waals surface area contributed by atoms with Gasteiger partial charge in [0, 0.05) is 37.9 Å². The van der Waals surface area contributed by atoms with Crippen molar-refractivity contribution < 1.29 is 14.0 Å². The van der Waals surface area contributed by atoms with Crippen molar-refractivity contribution in [1.29, 1.82) is 0 Å². The van der Waals surface area contributed by atoms with Gasteiger partial charge in [-0.2, -0.15) is 5.10 Å². The molecule has 7 nitrogen and oxygen atoms in total. The fourth-order valence-electron chi connectivity index (χ4n) is 3.92. The van der Waals surface area contributed by atoms with Crippen molar-refractivity contribution >= 4 is 17.5 Å². The Morgan fingerprint density at radius 2 is 1.97 bits per heavy atom. The van der Waals surface area contributed by atoms with Gasteiger partial charge in [0.25, 0.3) is 5.91 Å². The van der Waals surface area contributed by atoms with Crippen LogP contribution >= 0.6 is 0 Å². The van der Waals surface area contributed by atoms with Gasteiger partial charge in [0.1, 0.15) is 11.4 Å². The Morgan fingerprint density at radius 1 is 1.20 bits per heavy atom. The Hall–Kier alpha value is -3.29. The summed E-state index contributed by atoms with van der Waals surface area (Å²) >= 11 is 0. The van der Waals surface area contributed by atoms with Gasteiger partial charge in [0.05, 0.1) is 5.69 Å². The zero-order valence-corrected chi connectivity index (χ0v) is 16.8. The number of carbonyl (C=O) groups excluding carboxylic acids is 2. The SMILES string of the molecule is Cc1nn2cccnc2c1C(=O)N1CCC(C(=O)NCCc2ccccc2F)CC1. The summed E-state index contributed by atoms with van der Waals surface area (Å²) < 4.78 is 15.3. The average molecular weight is 409 g/mol. The molecule has 1 fully saturated rings. The summed E-state index contributed by atoms with van der Waals surface area (Å²) in [5.74, 6) is -0.527. The van der Waals surface area contributed by atoms with Crippen molar-refractivity contribution in [3.05, 3.63) is 65.4 Å². The van der Waals surface area contributed by atoms with Crippen molar-refractivity contribution in [3.8, 4) is 0 Å². The van der Waals surface area contributed by atoms with Gasteiger partial charge in [-0.1, -0.05) is 18.2 Å². The number of aryl methyl sites for hydroxylation is 1. The summed E-state index contributed by atoms with van der Waals surface area (Å²) in [5, 5.41) is 7.25. The maximum absolute atomic E-state index is 13.7. The van der Waals surface area contributed by atoms with Gasteiger partial charge in [-0.25, -0.2) is 13.9 Å². The Morgan fingerprint density at radius 3 is 2.73 bits per heavy atom. The second-order valence-corrected chi connectivity index (χ2v) is 7.55. The van der Waals surface area contributed by atoms with Crippen LogP contribution in [0.2, 0.25) is 0 Å². The predicted octanol–water partition coefficient (Wildman–Crippen LogP) is 2.39. The molecule has 0 aliphatic carbocycles. The molecular weight excluding hydrogens is 385 g/mol. The monoisotopic (exact) mass is 409 g/mol. The van der Waals surface area contributed by atoms with Crippen LogP contribution in [0, 0.1) is 18.7 Å². The van der Waals surface area contributed by atoms with Gasteiger partial charge in [-0.3, -0.25) is 9.59 Å². The van der Waals surface area contributed by atoms with E-state index in [9.17, 15) is 14.0 Å². The van der Waals surface area contributed by atoms with E-state index < -0.39 is 0 Å². The van der Waals surface area contributed by atoms with Crippen LogP contribution in [0.25, 0.3) is 5.65 Å². The van der Waals surface area contributed by atoms with Crippen molar-refractivity contribution in [2.45, 2.75) is 26.2 Å². The van der Waals surface area contributed by atoms with Gasteiger partial charge in [0.2, 0.25) is 5.91 Å². The van der Waals surface area contributed by atoms with E-state index in [1.807, 2.05) is 0 Å². The zero-order chi connectivity index (χ0) is 21.1. The highest BCUT2D eigenvalue weighted by atomic mass is 19.1. The number of fused-ring (bicyclic) bond motifs is 1. The first-order valence-electron chi connectivity index (χ1n) is 10.1. The maximum atomic E-state index is 13.7. The quantitative estimate of drug-likeness (QED) is 0.702. The molecule has 0 saturated carbocycles. The number of likely N-dealkylation sites (tertiary alicyclic amines) is 1. The van der Waals surface area contributed by atoms with Crippen LogP contribution in [-0.4, -0.2) is 50.9 Å². The lowest BCUT2D eigenvalue weighted by Crippen LogP contribution is -2.43. The molecule has 30 heavy (non-hydrogen) atoms. The minimum atomic E-state index is -0.254. The van der Waals surface area contributed by atoms with E-state index in [1.54, 1.807) is 53.0 Å². The lowest BCUT2D eigenvalue weighted by atomic mass is 9.95. The van der Waals surface area contributed by atoms with Crippen molar-refractivity contribution in [2.24, 2.45) is 5.92 Å². The molecule has 2 amide bonds. The maximum Gasteiger partial charge on any atom is 0.259 e. The second-order valence-electron chi connectivity index (χ2n) is 7.55. The molecule has 1 saturated heterocycles. The number of piperidine rings is 1. The van der Waals surface area contributed by atoms with Crippen LogP contribution in [0.3, 0.4) is 0 Å². The molecular formula is C22H24FN5O2. The third-order valence-corrected chi connectivity index (χ3v) is 5.59. The molecule has 1 aliphatic heterocycles. The van der Waals surface area contributed by atoms with Crippen LogP contribution < -0.4 is 5.32 Å². The van der Waals surface area contributed by atoms with Crippen LogP contribution in [0.1, 0.15) is 34.5 Å². The molecule has 8 heteroatoms. The van der Waals surface area contributed by atoms with Crippen LogP contribution in [0.5, 0.6) is 0 Å². The van der Waals surface area contributed by atoms with E-state index in [-0.39, 0.29) is 23.5 Å². The first-order valence-corrected chi connectivity index (χ1v) is 10.1. The first-order chi connectivity index (χ1) is 14.5. The Balaban J connectivity index is 1.31. The minimum absolute atomic E-state index is 0.0349. The van der Waals surface area contributed by atoms with Crippen molar-refractivity contribution in [1.82, 2.24) is 24.8 Å². The molecule has 0 bridgehead atoms. The smallest absolute Gasteiger partial charge is 0.259 e. The number of halogens is 1. The molecule has 3 aromatic rings. The highest BCUT2D eigenvalue weighted by molar-refractivity contribution is 6.01. The molecule has 1 aliphatic rings. The topological polar surface area (TPSA) is 79.6 Å². The normalized spacial score (nSPS) is 14.8. The summed E-state index contributed by atoms with van der Waals surface area (Å²) in [5.41, 5.74) is 2.30. The van der Waals surface area contributed by atoms with Crippen LogP contribution in [0.15, 0.2) is 42.7 Å². The summed E-state index contributed by atoms with van der Waals surface area (Å²) in [6.07, 6.45) is 5.07. The van der Waals surface area contributed by atoms with Gasteiger partial charge < -0.3 is 10.2 Å². The highest BCUT2D eigenvalue weighted by Crippen LogP contribution is 2.22. The summed E-state index contributed by atoms with van der Waals surface area (Å²) in [6, 6.07) is 8.35. The molecule has 0 radical (unpaired) electrons. The van der Waals surface area contributed by atoms with E-state index in [1.165, 1.54) is 6.07 Å². The molecule has 156 valence electrons. The fourth-order valence-corrected chi connectivity index (χ4v) is 3.92. The summed E-state index contributed by atoms with van der Waals surface area (Å²) in [7, 11) is 0. The number of aromatic nitrogens is 3. The van der Waals surface area contributed by atoms with Crippen LogP contribution in [-0.2, 0) is 11.2 Å². The first kappa shape index (κ1) is 20.0. The van der Waals surface area contributed by atoms with Gasteiger partial charge in [-0.05, 0) is 43.9 Å². The molecule has 2 aromatic heterocycles. The molecule has 1 aromatic carbocycles. The number of nitrogens with zero attached hydrogens (tertiary/aromatic N) is 4. The van der Waals surface area contributed by atoms with E-state index in [2.05, 4.69) is 15.4 Å². The highest BCUT2D eigenvalue weighted by Gasteiger charge is 2.30. The van der Waals surface area contributed by atoms with Gasteiger partial charge in [-0.15, -0.1) is 0 Å². The standard InChI is InChI=1S/C22H24FN5O2/c1-15-19(20-24-10-4-12-28(20)26-15)22(30)27-13-8-17(9-14-27)21(29)25-11-7-16-5-2-3-6-18(16)23/h2-6,10,12,17H,7-9,11,13-14H2,1H3,(H,25,29). The number of rotatable bonds is 5. The molecule has 0 atom stereocenters. The van der Waals surface area contributed by atoms with Gasteiger partial charge in [0.15, 0.2) is 5.65 Å². The van der Waals surface area contributed by atoms with E-state index in [0.29, 0.717) is 61.4 Å². The molecule has 0 spiro atoms. The summed E-state index contributed by atoms with van der Waals surface area (Å²) in [6.45, 7) is 3.21. The Bertz CT molecular complexity index is 1070. The second kappa shape index (κ2) is 8.61. The predicted molar refractivity (Wildman–Crippen MR) is 109 cm³/mol. The van der Waals surface area contributed by atoms with E-state index in [4.69, 9.17) is 0 Å². The molecule has 4 rings (SSSR count). The molecule has 1 N–H and O–H groups in total. The Labute approximate surface area is 173 Å². The third-order valence-electron chi connectivity index (χ3n) is 5.59. The number of benzene rings is 1. The lowest BCUT2D eigenvalue weighted by molar-refractivity contribution is -0.126.